The molecule has 5 heteroatoms. The quantitative estimate of drug-likeness (QED) is 0.720. The molecule has 72 valence electrons. The van der Waals surface area contributed by atoms with Crippen LogP contribution in [0.15, 0.2) is 18.5 Å². The van der Waals surface area contributed by atoms with E-state index in [0.29, 0.717) is 11.3 Å². The van der Waals surface area contributed by atoms with Crippen molar-refractivity contribution in [3.63, 3.8) is 0 Å². The van der Waals surface area contributed by atoms with Gasteiger partial charge in [-0.05, 0) is 6.07 Å². The molecule has 0 fully saturated rings. The van der Waals surface area contributed by atoms with Gasteiger partial charge in [0.1, 0.15) is 5.75 Å². The highest BCUT2D eigenvalue weighted by molar-refractivity contribution is 7.89. The van der Waals surface area contributed by atoms with Crippen LogP contribution in [0.4, 0.5) is 0 Å². The smallest absolute Gasteiger partial charge is 0.151 e. The van der Waals surface area contributed by atoms with Gasteiger partial charge in [-0.15, -0.1) is 0 Å². The van der Waals surface area contributed by atoms with Crippen molar-refractivity contribution in [1.29, 1.82) is 0 Å². The molecule has 0 N–H and O–H groups in total. The molecule has 13 heavy (non-hydrogen) atoms. The van der Waals surface area contributed by atoms with Gasteiger partial charge in [-0.3, -0.25) is 4.98 Å². The van der Waals surface area contributed by atoms with Crippen molar-refractivity contribution >= 4 is 9.84 Å². The maximum absolute atomic E-state index is 11.0. The van der Waals surface area contributed by atoms with Gasteiger partial charge in [0.25, 0.3) is 0 Å². The van der Waals surface area contributed by atoms with E-state index in [1.165, 1.54) is 19.6 Å². The molecule has 1 aromatic heterocycles. The minimum atomic E-state index is -3.03. The highest BCUT2D eigenvalue weighted by Crippen LogP contribution is 2.17. The van der Waals surface area contributed by atoms with Crippen molar-refractivity contribution in [2.45, 2.75) is 5.75 Å². The van der Waals surface area contributed by atoms with Gasteiger partial charge in [0.05, 0.1) is 12.9 Å². The first kappa shape index (κ1) is 9.98. The molecule has 0 aromatic carbocycles. The number of nitrogens with zero attached hydrogens (tertiary/aromatic N) is 1. The highest BCUT2D eigenvalue weighted by Gasteiger charge is 2.09. The monoisotopic (exact) mass is 201 g/mol. The maximum atomic E-state index is 11.0. The Morgan fingerprint density at radius 3 is 2.77 bits per heavy atom. The van der Waals surface area contributed by atoms with Crippen molar-refractivity contribution in [3.05, 3.63) is 24.0 Å². The van der Waals surface area contributed by atoms with Crippen LogP contribution >= 0.6 is 0 Å². The molecule has 0 aliphatic heterocycles. The minimum absolute atomic E-state index is 0.0377. The Kier molecular flexibility index (Phi) is 2.87. The molecular weight excluding hydrogens is 190 g/mol. The summed E-state index contributed by atoms with van der Waals surface area (Å²) in [5.41, 5.74) is 0.590. The van der Waals surface area contributed by atoms with E-state index in [1.54, 1.807) is 12.3 Å². The van der Waals surface area contributed by atoms with E-state index in [9.17, 15) is 8.42 Å². The zero-order chi connectivity index (χ0) is 9.90. The predicted octanol–water partition coefficient (Wildman–Crippen LogP) is 0.635. The molecule has 0 atom stereocenters. The van der Waals surface area contributed by atoms with Crippen LogP contribution < -0.4 is 4.74 Å². The predicted molar refractivity (Wildman–Crippen MR) is 49.3 cm³/mol. The molecule has 1 heterocycles. The van der Waals surface area contributed by atoms with E-state index in [1.807, 2.05) is 0 Å². The second-order valence-corrected chi connectivity index (χ2v) is 4.90. The van der Waals surface area contributed by atoms with Crippen molar-refractivity contribution in [2.75, 3.05) is 13.4 Å². The molecule has 0 spiro atoms. The summed E-state index contributed by atoms with van der Waals surface area (Å²) in [6.07, 6.45) is 4.24. The van der Waals surface area contributed by atoms with Crippen LogP contribution in [0.25, 0.3) is 0 Å². The fourth-order valence-electron chi connectivity index (χ4n) is 1.00. The van der Waals surface area contributed by atoms with E-state index in [2.05, 4.69) is 4.98 Å². The number of sulfone groups is 1. The van der Waals surface area contributed by atoms with Crippen LogP contribution in [-0.4, -0.2) is 26.8 Å². The maximum Gasteiger partial charge on any atom is 0.151 e. The molecule has 0 saturated carbocycles. The molecule has 0 aliphatic rings. The van der Waals surface area contributed by atoms with E-state index in [0.717, 1.165) is 0 Å². The molecule has 0 amide bonds. The highest BCUT2D eigenvalue weighted by atomic mass is 32.2. The van der Waals surface area contributed by atoms with Gasteiger partial charge in [0.15, 0.2) is 9.84 Å². The van der Waals surface area contributed by atoms with Crippen LogP contribution in [0, 0.1) is 0 Å². The van der Waals surface area contributed by atoms with Crippen LogP contribution in [0.3, 0.4) is 0 Å². The molecule has 1 rings (SSSR count). The lowest BCUT2D eigenvalue weighted by molar-refractivity contribution is 0.410. The molecule has 0 aliphatic carbocycles. The Morgan fingerprint density at radius 2 is 2.23 bits per heavy atom. The Bertz CT molecular complexity index is 386. The summed E-state index contributed by atoms with van der Waals surface area (Å²) in [4.78, 5) is 3.83. The van der Waals surface area contributed by atoms with Crippen molar-refractivity contribution in [1.82, 2.24) is 4.98 Å². The topological polar surface area (TPSA) is 56.3 Å². The summed E-state index contributed by atoms with van der Waals surface area (Å²) in [7, 11) is -1.53. The Balaban J connectivity index is 3.01. The van der Waals surface area contributed by atoms with E-state index >= 15 is 0 Å². The van der Waals surface area contributed by atoms with Gasteiger partial charge < -0.3 is 4.74 Å². The Morgan fingerprint density at radius 1 is 1.54 bits per heavy atom. The third-order valence-electron chi connectivity index (χ3n) is 1.50. The fourth-order valence-corrected chi connectivity index (χ4v) is 1.79. The Labute approximate surface area is 77.5 Å². The SMILES string of the molecule is COc1ccncc1CS(C)(=O)=O. The molecule has 0 unspecified atom stereocenters. The standard InChI is InChI=1S/C8H11NO3S/c1-12-8-3-4-9-5-7(8)6-13(2,10)11/h3-5H,6H2,1-2H3. The lowest BCUT2D eigenvalue weighted by Gasteiger charge is -2.05. The number of rotatable bonds is 3. The van der Waals surface area contributed by atoms with Gasteiger partial charge in [0, 0.05) is 24.2 Å². The second kappa shape index (κ2) is 3.74. The van der Waals surface area contributed by atoms with Gasteiger partial charge in [0.2, 0.25) is 0 Å². The van der Waals surface area contributed by atoms with E-state index < -0.39 is 9.84 Å². The summed E-state index contributed by atoms with van der Waals surface area (Å²) in [5, 5.41) is 0. The average molecular weight is 201 g/mol. The number of pyridine rings is 1. The molecule has 0 bridgehead atoms. The van der Waals surface area contributed by atoms with Gasteiger partial charge >= 0.3 is 0 Å². The van der Waals surface area contributed by atoms with E-state index in [4.69, 9.17) is 4.74 Å². The first-order valence-electron chi connectivity index (χ1n) is 3.67. The number of hydrogen-bond donors (Lipinski definition) is 0. The van der Waals surface area contributed by atoms with Crippen LogP contribution in [0.2, 0.25) is 0 Å². The zero-order valence-electron chi connectivity index (χ0n) is 7.52. The normalized spacial score (nSPS) is 11.2. The van der Waals surface area contributed by atoms with Gasteiger partial charge in [-0.25, -0.2) is 8.42 Å². The second-order valence-electron chi connectivity index (χ2n) is 2.76. The third kappa shape index (κ3) is 3.02. The lowest BCUT2D eigenvalue weighted by atomic mass is 10.3. The summed E-state index contributed by atoms with van der Waals surface area (Å²) >= 11 is 0. The van der Waals surface area contributed by atoms with Crippen LogP contribution in [0.1, 0.15) is 5.56 Å². The molecular formula is C8H11NO3S. The summed E-state index contributed by atoms with van der Waals surface area (Å²) in [6.45, 7) is 0. The molecule has 0 saturated heterocycles. The third-order valence-corrected chi connectivity index (χ3v) is 2.33. The number of aromatic nitrogens is 1. The fraction of sp³-hybridized carbons (Fsp3) is 0.375. The lowest BCUT2D eigenvalue weighted by Crippen LogP contribution is -2.02. The van der Waals surface area contributed by atoms with Crippen molar-refractivity contribution < 1.29 is 13.2 Å². The summed E-state index contributed by atoms with van der Waals surface area (Å²) in [5.74, 6) is 0.518. The minimum Gasteiger partial charge on any atom is -0.496 e. The molecule has 0 radical (unpaired) electrons. The summed E-state index contributed by atoms with van der Waals surface area (Å²) in [6, 6.07) is 1.64. The van der Waals surface area contributed by atoms with Crippen molar-refractivity contribution in [3.8, 4) is 5.75 Å². The van der Waals surface area contributed by atoms with Crippen LogP contribution in [-0.2, 0) is 15.6 Å². The number of methoxy groups -OCH3 is 1. The first-order valence-corrected chi connectivity index (χ1v) is 5.73. The Hall–Kier alpha value is -1.10. The zero-order valence-corrected chi connectivity index (χ0v) is 8.34. The largest absolute Gasteiger partial charge is 0.496 e. The summed E-state index contributed by atoms with van der Waals surface area (Å²) < 4.78 is 27.0. The van der Waals surface area contributed by atoms with E-state index in [-0.39, 0.29) is 5.75 Å². The molecule has 4 nitrogen and oxygen atoms in total. The first-order chi connectivity index (χ1) is 6.03. The van der Waals surface area contributed by atoms with Crippen molar-refractivity contribution in [2.24, 2.45) is 0 Å². The van der Waals surface area contributed by atoms with Gasteiger partial charge in [-0.2, -0.15) is 0 Å². The average Bonchev–Trinajstić information content (AvgIpc) is 2.02. The molecule has 1 aromatic rings. The number of hydrogen-bond acceptors (Lipinski definition) is 4. The van der Waals surface area contributed by atoms with Gasteiger partial charge in [-0.1, -0.05) is 0 Å². The van der Waals surface area contributed by atoms with Crippen LogP contribution in [0.5, 0.6) is 5.75 Å². The number of ether oxygens (including phenoxy) is 1.